The first-order chi connectivity index (χ1) is 25.5. The lowest BCUT2D eigenvalue weighted by atomic mass is 10.1. The lowest BCUT2D eigenvalue weighted by molar-refractivity contribution is -0.137. The van der Waals surface area contributed by atoms with Crippen LogP contribution in [0.2, 0.25) is 0 Å². The molecule has 0 saturated carbocycles. The van der Waals surface area contributed by atoms with Gasteiger partial charge in [-0.3, -0.25) is 9.59 Å². The number of carbonyl (C=O) groups excluding carboxylic acids is 2. The molecule has 2 aromatic heterocycles. The second kappa shape index (κ2) is 17.3. The van der Waals surface area contributed by atoms with Crippen molar-refractivity contribution in [3.8, 4) is 34.1 Å². The van der Waals surface area contributed by atoms with Crippen LogP contribution in [-0.2, 0) is 19.3 Å². The zero-order chi connectivity index (χ0) is 39.3. The van der Waals surface area contributed by atoms with Crippen LogP contribution in [0.1, 0.15) is 37.7 Å². The van der Waals surface area contributed by atoms with Gasteiger partial charge in [-0.05, 0) is 111 Å². The Balaban J connectivity index is 0.000000210. The highest BCUT2D eigenvalue weighted by molar-refractivity contribution is 9.11. The molecule has 0 fully saturated rings. The number of hydrogen-bond donors (Lipinski definition) is 2. The largest absolute Gasteiger partial charge is 0.506 e. The van der Waals surface area contributed by atoms with Crippen molar-refractivity contribution in [1.29, 1.82) is 0 Å². The quantitative estimate of drug-likeness (QED) is 0.154. The molecule has 54 heavy (non-hydrogen) atoms. The molecule has 10 nitrogen and oxygen atoms in total. The highest BCUT2D eigenvalue weighted by Gasteiger charge is 2.30. The number of carbonyl (C=O) groups is 2. The highest BCUT2D eigenvalue weighted by Crippen LogP contribution is 2.38. The Morgan fingerprint density at radius 1 is 0.630 bits per heavy atom. The first-order valence-electron chi connectivity index (χ1n) is 15.5. The summed E-state index contributed by atoms with van der Waals surface area (Å²) in [6.07, 6.45) is -4.41. The van der Waals surface area contributed by atoms with Crippen molar-refractivity contribution < 1.29 is 42.0 Å². The van der Waals surface area contributed by atoms with E-state index >= 15 is 0 Å². The first-order valence-corrected chi connectivity index (χ1v) is 18.7. The molecule has 0 saturated heterocycles. The Labute approximate surface area is 340 Å². The van der Waals surface area contributed by atoms with Gasteiger partial charge < -0.3 is 29.1 Å². The van der Waals surface area contributed by atoms with Gasteiger partial charge in [-0.25, -0.2) is 0 Å². The fraction of sp³-hybridized carbons (Fsp3) is 0.135. The minimum atomic E-state index is -4.41. The molecule has 0 unspecified atom stereocenters. The molecule has 0 aliphatic carbocycles. The third-order valence-corrected chi connectivity index (χ3v) is 10.1. The van der Waals surface area contributed by atoms with Gasteiger partial charge in [0.15, 0.2) is 22.9 Å². The van der Waals surface area contributed by atoms with Crippen molar-refractivity contribution >= 4 is 75.5 Å². The van der Waals surface area contributed by atoms with E-state index in [1.807, 2.05) is 30.3 Å². The van der Waals surface area contributed by atoms with Gasteiger partial charge in [0.25, 0.3) is 11.8 Å². The molecule has 0 aliphatic heterocycles. The van der Waals surface area contributed by atoms with Gasteiger partial charge in [0.1, 0.15) is 11.5 Å². The van der Waals surface area contributed by atoms with Gasteiger partial charge in [-0.1, -0.05) is 52.8 Å². The summed E-state index contributed by atoms with van der Waals surface area (Å²) in [4.78, 5) is 28.0. The normalized spacial score (nSPS) is 11.1. The summed E-state index contributed by atoms with van der Waals surface area (Å²) in [5.74, 6) is 0.214. The maximum Gasteiger partial charge on any atom is 0.416 e. The average molecular weight is 1000 g/mol. The summed E-state index contributed by atoms with van der Waals surface area (Å²) in [6.45, 7) is 0.591. The Morgan fingerprint density at radius 3 is 1.37 bits per heavy atom. The van der Waals surface area contributed by atoms with Gasteiger partial charge >= 0.3 is 6.18 Å². The summed E-state index contributed by atoms with van der Waals surface area (Å²) in [5, 5.41) is 27.2. The summed E-state index contributed by atoms with van der Waals surface area (Å²) < 4.78 is 50.4. The van der Waals surface area contributed by atoms with Crippen LogP contribution in [-0.4, -0.2) is 56.2 Å². The summed E-state index contributed by atoms with van der Waals surface area (Å²) in [6, 6.07) is 24.0. The molecule has 4 aromatic carbocycles. The smallest absolute Gasteiger partial charge is 0.416 e. The van der Waals surface area contributed by atoms with E-state index in [1.165, 1.54) is 30.1 Å². The molecule has 6 aromatic rings. The molecule has 0 atom stereocenters. The van der Waals surface area contributed by atoms with Gasteiger partial charge in [0.05, 0.1) is 23.5 Å². The Hall–Kier alpha value is -4.45. The lowest BCUT2D eigenvalue weighted by Gasteiger charge is -2.16. The number of amides is 2. The number of aromatic nitrogens is 2. The average Bonchev–Trinajstić information content (AvgIpc) is 3.84. The number of phenolic OH excluding ortho intramolecular Hbond substituents is 2. The Bertz CT molecular complexity index is 2240. The molecule has 0 radical (unpaired) electrons. The molecule has 0 bridgehead atoms. The molecule has 2 amide bonds. The monoisotopic (exact) mass is 996 g/mol. The van der Waals surface area contributed by atoms with Crippen LogP contribution in [0.3, 0.4) is 0 Å². The molecule has 2 N–H and O–H groups in total. The summed E-state index contributed by atoms with van der Waals surface area (Å²) in [7, 11) is 3.24. The van der Waals surface area contributed by atoms with Crippen LogP contribution in [0.15, 0.2) is 118 Å². The van der Waals surface area contributed by atoms with E-state index in [2.05, 4.69) is 74.0 Å². The number of alkyl halides is 3. The van der Waals surface area contributed by atoms with Gasteiger partial charge in [0, 0.05) is 50.4 Å². The fourth-order valence-corrected chi connectivity index (χ4v) is 7.28. The number of benzene rings is 4. The SMILES string of the molecule is CN(Cc1ccc(C(F)(F)F)cc1)C(=O)c1cc(-c2cc(Br)c(O)c(Br)c2)on1.CN(Cc1ccccc1)C(=O)c1cc(-c2cc(Br)c(O)c(Br)c2)on1. The molecule has 2 heterocycles. The molecule has 0 spiro atoms. The molecule has 17 heteroatoms. The maximum atomic E-state index is 12.6. The Kier molecular flexibility index (Phi) is 13.1. The fourth-order valence-electron chi connectivity index (χ4n) is 4.90. The number of phenols is 2. The van der Waals surface area contributed by atoms with Gasteiger partial charge in [-0.15, -0.1) is 0 Å². The minimum absolute atomic E-state index is 0.0286. The van der Waals surface area contributed by atoms with E-state index < -0.39 is 17.6 Å². The van der Waals surface area contributed by atoms with E-state index in [0.717, 1.165) is 17.7 Å². The third-order valence-electron chi connectivity index (χ3n) is 7.72. The van der Waals surface area contributed by atoms with Crippen LogP contribution in [0.4, 0.5) is 13.2 Å². The zero-order valence-electron chi connectivity index (χ0n) is 28.0. The van der Waals surface area contributed by atoms with Crippen molar-refractivity contribution in [3.05, 3.63) is 137 Å². The molecule has 0 aliphatic rings. The minimum Gasteiger partial charge on any atom is -0.506 e. The van der Waals surface area contributed by atoms with Crippen molar-refractivity contribution in [2.75, 3.05) is 14.1 Å². The van der Waals surface area contributed by atoms with E-state index in [4.69, 9.17) is 9.05 Å². The summed E-state index contributed by atoms with van der Waals surface area (Å²) in [5.41, 5.74) is 2.39. The van der Waals surface area contributed by atoms with Gasteiger partial charge in [0.2, 0.25) is 0 Å². The highest BCUT2D eigenvalue weighted by atomic mass is 79.9. The summed E-state index contributed by atoms with van der Waals surface area (Å²) >= 11 is 13.0. The van der Waals surface area contributed by atoms with Gasteiger partial charge in [-0.2, -0.15) is 13.2 Å². The predicted molar refractivity (Wildman–Crippen MR) is 207 cm³/mol. The van der Waals surface area contributed by atoms with Crippen LogP contribution in [0.25, 0.3) is 22.6 Å². The molecular weight excluding hydrogens is 973 g/mol. The van der Waals surface area contributed by atoms with E-state index in [-0.39, 0.29) is 35.3 Å². The second-order valence-electron chi connectivity index (χ2n) is 11.7. The van der Waals surface area contributed by atoms with E-state index in [1.54, 1.807) is 42.3 Å². The van der Waals surface area contributed by atoms with Crippen molar-refractivity contribution in [1.82, 2.24) is 20.1 Å². The predicted octanol–water partition coefficient (Wildman–Crippen LogP) is 10.7. The first kappa shape index (κ1) is 40.7. The van der Waals surface area contributed by atoms with Crippen molar-refractivity contribution in [3.63, 3.8) is 0 Å². The molecule has 6 rings (SSSR count). The topological polar surface area (TPSA) is 133 Å². The second-order valence-corrected chi connectivity index (χ2v) is 15.1. The van der Waals surface area contributed by atoms with Crippen molar-refractivity contribution in [2.45, 2.75) is 19.3 Å². The molecule has 280 valence electrons. The number of halogens is 7. The molecular formula is C37H27Br4F3N4O6. The third kappa shape index (κ3) is 9.99. The van der Waals surface area contributed by atoms with Crippen LogP contribution in [0, 0.1) is 0 Å². The zero-order valence-corrected chi connectivity index (χ0v) is 34.4. The van der Waals surface area contributed by atoms with Crippen LogP contribution in [0.5, 0.6) is 11.5 Å². The van der Waals surface area contributed by atoms with Crippen LogP contribution >= 0.6 is 63.7 Å². The number of nitrogens with zero attached hydrogens (tertiary/aromatic N) is 4. The number of hydrogen-bond acceptors (Lipinski definition) is 8. The standard InChI is InChI=1S/C19H13Br2F3N2O3.C18H14Br2N2O3/c1-26(9-10-2-4-12(5-3-10)19(22,23)24)18(28)15-8-16(29-25-15)11-6-13(20)17(27)14(21)7-11;1-22(10-11-5-3-2-4-6-11)18(24)15-9-16(25-21-15)12-7-13(19)17(23)14(20)8-12/h2-8,27H,9H2,1H3;2-9,23H,10H2,1H3. The Morgan fingerprint density at radius 2 is 1.00 bits per heavy atom. The number of aromatic hydroxyl groups is 2. The van der Waals surface area contributed by atoms with Crippen molar-refractivity contribution in [2.24, 2.45) is 0 Å². The van der Waals surface area contributed by atoms with E-state index in [9.17, 15) is 33.0 Å². The van der Waals surface area contributed by atoms with E-state index in [0.29, 0.717) is 52.6 Å². The number of rotatable bonds is 8. The lowest BCUT2D eigenvalue weighted by Crippen LogP contribution is -2.26. The van der Waals surface area contributed by atoms with Crippen LogP contribution < -0.4 is 0 Å². The maximum absolute atomic E-state index is 12.6.